The molecule has 0 fully saturated rings. The highest BCUT2D eigenvalue weighted by molar-refractivity contribution is 5.56. The van der Waals surface area contributed by atoms with Gasteiger partial charge in [0.15, 0.2) is 0 Å². The largest absolute Gasteiger partial charge is 0.383 e. The van der Waals surface area contributed by atoms with Crippen molar-refractivity contribution in [1.82, 2.24) is 14.9 Å². The Bertz CT molecular complexity index is 676. The molecule has 0 saturated carbocycles. The van der Waals surface area contributed by atoms with Crippen LogP contribution in [0.1, 0.15) is 18.9 Å². The SMILES string of the molecule is CC(CCc1cnc(Nc2cc(F)ccc2F)nc1N)N(C)C. The van der Waals surface area contributed by atoms with Gasteiger partial charge in [0.1, 0.15) is 17.5 Å². The molecule has 1 atom stereocenters. The third-order valence-corrected chi connectivity index (χ3v) is 3.79. The molecule has 1 unspecified atom stereocenters. The summed E-state index contributed by atoms with van der Waals surface area (Å²) in [7, 11) is 4.04. The molecule has 0 bridgehead atoms. The van der Waals surface area contributed by atoms with Crippen LogP contribution in [0.2, 0.25) is 0 Å². The van der Waals surface area contributed by atoms with Crippen LogP contribution in [-0.4, -0.2) is 35.0 Å². The number of aromatic nitrogens is 2. The summed E-state index contributed by atoms with van der Waals surface area (Å²) in [5.41, 5.74) is 6.74. The molecule has 1 aromatic carbocycles. The lowest BCUT2D eigenvalue weighted by atomic mass is 10.1. The summed E-state index contributed by atoms with van der Waals surface area (Å²) in [5, 5.41) is 2.64. The Morgan fingerprint density at radius 3 is 2.70 bits per heavy atom. The molecule has 0 saturated heterocycles. The van der Waals surface area contributed by atoms with E-state index < -0.39 is 11.6 Å². The predicted octanol–water partition coefficient (Wildman–Crippen LogP) is 2.96. The van der Waals surface area contributed by atoms with Gasteiger partial charge in [0.25, 0.3) is 0 Å². The monoisotopic (exact) mass is 321 g/mol. The molecule has 5 nitrogen and oxygen atoms in total. The normalized spacial score (nSPS) is 12.4. The van der Waals surface area contributed by atoms with E-state index >= 15 is 0 Å². The summed E-state index contributed by atoms with van der Waals surface area (Å²) >= 11 is 0. The van der Waals surface area contributed by atoms with Crippen LogP contribution < -0.4 is 11.1 Å². The van der Waals surface area contributed by atoms with Crippen molar-refractivity contribution in [2.45, 2.75) is 25.8 Å². The molecule has 0 aliphatic rings. The summed E-state index contributed by atoms with van der Waals surface area (Å²) in [6.07, 6.45) is 3.29. The number of hydrogen-bond acceptors (Lipinski definition) is 5. The lowest BCUT2D eigenvalue weighted by Gasteiger charge is -2.19. The smallest absolute Gasteiger partial charge is 0.229 e. The highest BCUT2D eigenvalue weighted by Crippen LogP contribution is 2.20. The zero-order valence-electron chi connectivity index (χ0n) is 13.5. The molecule has 0 amide bonds. The Hall–Kier alpha value is -2.28. The maximum absolute atomic E-state index is 13.6. The lowest BCUT2D eigenvalue weighted by molar-refractivity contribution is 0.299. The second kappa shape index (κ2) is 7.32. The Balaban J connectivity index is 2.08. The van der Waals surface area contributed by atoms with E-state index in [0.29, 0.717) is 11.9 Å². The van der Waals surface area contributed by atoms with Crippen LogP contribution in [0.15, 0.2) is 24.4 Å². The summed E-state index contributed by atoms with van der Waals surface area (Å²) < 4.78 is 26.8. The highest BCUT2D eigenvalue weighted by atomic mass is 19.1. The zero-order chi connectivity index (χ0) is 17.0. The first-order chi connectivity index (χ1) is 10.9. The standard InChI is InChI=1S/C16H21F2N5/c1-10(23(2)3)4-5-11-9-20-16(22-15(11)19)21-14-8-12(17)6-7-13(14)18/h6-10H,4-5H2,1-3H3,(H3,19,20,21,22). The minimum atomic E-state index is -0.586. The van der Waals surface area contributed by atoms with Crippen molar-refractivity contribution in [3.05, 3.63) is 41.6 Å². The van der Waals surface area contributed by atoms with Gasteiger partial charge >= 0.3 is 0 Å². The van der Waals surface area contributed by atoms with Crippen molar-refractivity contribution in [2.24, 2.45) is 0 Å². The van der Waals surface area contributed by atoms with Gasteiger partial charge in [-0.25, -0.2) is 13.8 Å². The highest BCUT2D eigenvalue weighted by Gasteiger charge is 2.10. The fourth-order valence-corrected chi connectivity index (χ4v) is 2.01. The third-order valence-electron chi connectivity index (χ3n) is 3.79. The minimum Gasteiger partial charge on any atom is -0.383 e. The van der Waals surface area contributed by atoms with Crippen molar-refractivity contribution in [3.63, 3.8) is 0 Å². The predicted molar refractivity (Wildman–Crippen MR) is 87.6 cm³/mol. The number of aryl methyl sites for hydroxylation is 1. The van der Waals surface area contributed by atoms with Crippen LogP contribution in [-0.2, 0) is 6.42 Å². The second-order valence-electron chi connectivity index (χ2n) is 5.70. The molecule has 3 N–H and O–H groups in total. The van der Waals surface area contributed by atoms with E-state index in [4.69, 9.17) is 5.73 Å². The van der Waals surface area contributed by atoms with Crippen LogP contribution in [0, 0.1) is 11.6 Å². The van der Waals surface area contributed by atoms with Gasteiger partial charge in [0.2, 0.25) is 5.95 Å². The molecule has 0 radical (unpaired) electrons. The zero-order valence-corrected chi connectivity index (χ0v) is 13.5. The van der Waals surface area contributed by atoms with Gasteiger partial charge in [-0.15, -0.1) is 0 Å². The van der Waals surface area contributed by atoms with E-state index in [1.807, 2.05) is 14.1 Å². The van der Waals surface area contributed by atoms with E-state index in [9.17, 15) is 8.78 Å². The fraction of sp³-hybridized carbons (Fsp3) is 0.375. The number of nitrogens with two attached hydrogens (primary N) is 1. The quantitative estimate of drug-likeness (QED) is 0.856. The molecule has 7 heteroatoms. The molecule has 1 aromatic heterocycles. The molecular weight excluding hydrogens is 300 g/mol. The van der Waals surface area contributed by atoms with Gasteiger partial charge in [-0.3, -0.25) is 0 Å². The number of nitrogens with one attached hydrogen (secondary N) is 1. The van der Waals surface area contributed by atoms with Gasteiger partial charge in [-0.2, -0.15) is 4.98 Å². The van der Waals surface area contributed by atoms with Crippen LogP contribution in [0.4, 0.5) is 26.2 Å². The summed E-state index contributed by atoms with van der Waals surface area (Å²) in [4.78, 5) is 10.4. The number of rotatable bonds is 6. The number of benzene rings is 1. The third kappa shape index (κ3) is 4.59. The molecule has 2 aromatic rings. The molecule has 2 rings (SSSR count). The maximum atomic E-state index is 13.6. The van der Waals surface area contributed by atoms with E-state index in [0.717, 1.165) is 36.6 Å². The summed E-state index contributed by atoms with van der Waals surface area (Å²) in [5.74, 6) is -0.657. The van der Waals surface area contributed by atoms with Gasteiger partial charge in [-0.1, -0.05) is 0 Å². The lowest BCUT2D eigenvalue weighted by Crippen LogP contribution is -2.25. The van der Waals surface area contributed by atoms with Crippen LogP contribution in [0.25, 0.3) is 0 Å². The summed E-state index contributed by atoms with van der Waals surface area (Å²) in [6, 6.07) is 3.54. The number of anilines is 3. The fourth-order valence-electron chi connectivity index (χ4n) is 2.01. The van der Waals surface area contributed by atoms with E-state index in [1.165, 1.54) is 0 Å². The molecule has 1 heterocycles. The second-order valence-corrected chi connectivity index (χ2v) is 5.70. The first kappa shape index (κ1) is 17.1. The van der Waals surface area contributed by atoms with Gasteiger partial charge < -0.3 is 16.0 Å². The number of halogens is 2. The molecule has 0 aliphatic heterocycles. The van der Waals surface area contributed by atoms with Gasteiger partial charge in [0, 0.05) is 23.9 Å². The number of nitrogens with zero attached hydrogens (tertiary/aromatic N) is 3. The van der Waals surface area contributed by atoms with Crippen LogP contribution in [0.3, 0.4) is 0 Å². The topological polar surface area (TPSA) is 67.1 Å². The Morgan fingerprint density at radius 2 is 2.04 bits per heavy atom. The number of hydrogen-bond donors (Lipinski definition) is 2. The van der Waals surface area contributed by atoms with Crippen molar-refractivity contribution < 1.29 is 8.78 Å². The first-order valence-electron chi connectivity index (χ1n) is 7.36. The van der Waals surface area contributed by atoms with Crippen LogP contribution in [0.5, 0.6) is 0 Å². The Kier molecular flexibility index (Phi) is 5.44. The summed E-state index contributed by atoms with van der Waals surface area (Å²) in [6.45, 7) is 2.12. The molecule has 124 valence electrons. The van der Waals surface area contributed by atoms with E-state index in [-0.39, 0.29) is 11.6 Å². The van der Waals surface area contributed by atoms with E-state index in [2.05, 4.69) is 27.1 Å². The van der Waals surface area contributed by atoms with Crippen molar-refractivity contribution >= 4 is 17.5 Å². The molecular formula is C16H21F2N5. The van der Waals surface area contributed by atoms with Crippen molar-refractivity contribution in [1.29, 1.82) is 0 Å². The maximum Gasteiger partial charge on any atom is 0.229 e. The Morgan fingerprint density at radius 1 is 1.30 bits per heavy atom. The first-order valence-corrected chi connectivity index (χ1v) is 7.36. The van der Waals surface area contributed by atoms with E-state index in [1.54, 1.807) is 6.20 Å². The average molecular weight is 321 g/mol. The molecule has 23 heavy (non-hydrogen) atoms. The van der Waals surface area contributed by atoms with Crippen molar-refractivity contribution in [3.8, 4) is 0 Å². The molecule has 0 spiro atoms. The average Bonchev–Trinajstić information content (AvgIpc) is 2.49. The van der Waals surface area contributed by atoms with Crippen LogP contribution >= 0.6 is 0 Å². The molecule has 0 aliphatic carbocycles. The Labute approximate surface area is 134 Å². The van der Waals surface area contributed by atoms with Gasteiger partial charge in [0.05, 0.1) is 5.69 Å². The number of nitrogen functional groups attached to an aromatic ring is 1. The minimum absolute atomic E-state index is 0.0293. The van der Waals surface area contributed by atoms with Crippen molar-refractivity contribution in [2.75, 3.05) is 25.1 Å². The van der Waals surface area contributed by atoms with Gasteiger partial charge in [-0.05, 0) is 46.0 Å².